The fourth-order valence-corrected chi connectivity index (χ4v) is 3.57. The van der Waals surface area contributed by atoms with Crippen molar-refractivity contribution in [2.45, 2.75) is 13.5 Å². The fraction of sp³-hybridized carbons (Fsp3) is 0.333. The van der Waals surface area contributed by atoms with Crippen LogP contribution in [0.3, 0.4) is 0 Å². The van der Waals surface area contributed by atoms with Crippen LogP contribution in [0.2, 0.25) is 0 Å². The molecule has 0 bridgehead atoms. The zero-order valence-corrected chi connectivity index (χ0v) is 17.8. The third kappa shape index (κ3) is 5.71. The second kappa shape index (κ2) is 10.2. The van der Waals surface area contributed by atoms with Gasteiger partial charge in [0.25, 0.3) is 0 Å². The van der Waals surface area contributed by atoms with Crippen molar-refractivity contribution in [3.05, 3.63) is 66.7 Å². The minimum Gasteiger partial charge on any atom is -0.439 e. The summed E-state index contributed by atoms with van der Waals surface area (Å²) in [5.41, 5.74) is 2.93. The number of nitrogens with one attached hydrogen (secondary N) is 1. The third-order valence-electron chi connectivity index (χ3n) is 5.31. The Morgan fingerprint density at radius 2 is 1.84 bits per heavy atom. The van der Waals surface area contributed by atoms with Gasteiger partial charge in [-0.3, -0.25) is 9.69 Å². The summed E-state index contributed by atoms with van der Waals surface area (Å²) in [6, 6.07) is 17.8. The van der Waals surface area contributed by atoms with Gasteiger partial charge in [-0.2, -0.15) is 0 Å². The van der Waals surface area contributed by atoms with Crippen molar-refractivity contribution >= 4 is 17.3 Å². The third-order valence-corrected chi connectivity index (χ3v) is 5.31. The maximum absolute atomic E-state index is 12.6. The number of nitrogens with zero attached hydrogens (tertiary/aromatic N) is 3. The molecule has 1 fully saturated rings. The molecule has 7 nitrogen and oxygen atoms in total. The highest BCUT2D eigenvalue weighted by Crippen LogP contribution is 2.21. The molecule has 2 heterocycles. The number of morpholine rings is 1. The lowest BCUT2D eigenvalue weighted by Crippen LogP contribution is -2.36. The molecule has 162 valence electrons. The number of benzene rings is 2. The molecule has 0 saturated carbocycles. The molecule has 0 atom stereocenters. The minimum atomic E-state index is -0.0594. The molecule has 3 aromatic rings. The molecule has 1 aromatic heterocycles. The number of carbonyl (C=O) groups is 1. The van der Waals surface area contributed by atoms with Crippen LogP contribution in [0, 0.1) is 0 Å². The number of hydrogen-bond acceptors (Lipinski definition) is 6. The van der Waals surface area contributed by atoms with Gasteiger partial charge in [-0.05, 0) is 30.8 Å². The second-order valence-corrected chi connectivity index (χ2v) is 7.48. The largest absolute Gasteiger partial charge is 0.439 e. The van der Waals surface area contributed by atoms with Crippen molar-refractivity contribution in [2.24, 2.45) is 0 Å². The molecule has 1 saturated heterocycles. The van der Waals surface area contributed by atoms with Gasteiger partial charge >= 0.3 is 0 Å². The highest BCUT2D eigenvalue weighted by atomic mass is 16.5. The maximum Gasteiger partial charge on any atom is 0.238 e. The van der Waals surface area contributed by atoms with Gasteiger partial charge < -0.3 is 19.4 Å². The van der Waals surface area contributed by atoms with Gasteiger partial charge in [0, 0.05) is 30.0 Å². The van der Waals surface area contributed by atoms with Crippen LogP contribution in [0.1, 0.15) is 12.8 Å². The van der Waals surface area contributed by atoms with Crippen LogP contribution in [-0.4, -0.2) is 55.2 Å². The summed E-state index contributed by atoms with van der Waals surface area (Å²) in [6.07, 6.45) is 1.73. The van der Waals surface area contributed by atoms with E-state index in [-0.39, 0.29) is 12.5 Å². The van der Waals surface area contributed by atoms with Gasteiger partial charge in [0.1, 0.15) is 0 Å². The van der Waals surface area contributed by atoms with E-state index < -0.39 is 0 Å². The average molecular weight is 421 g/mol. The molecule has 1 amide bonds. The molecule has 1 aliphatic heterocycles. The van der Waals surface area contributed by atoms with E-state index >= 15 is 0 Å². The number of hydrogen-bond donors (Lipinski definition) is 1. The molecule has 0 spiro atoms. The first-order valence-corrected chi connectivity index (χ1v) is 10.7. The number of amides is 1. The standard InChI is InChI=1S/C24H28N4O3/c1-2-27(18-24-25-16-22(31-24)19-6-4-3-5-7-19)17-23(29)26-20-8-10-21(11-9-20)28-12-14-30-15-13-28/h3-11,16H,2,12-15,17-18H2,1H3,(H,26,29). The quantitative estimate of drug-likeness (QED) is 0.600. The van der Waals surface area contributed by atoms with Crippen LogP contribution >= 0.6 is 0 Å². The first-order chi connectivity index (χ1) is 15.2. The molecule has 4 rings (SSSR count). The van der Waals surface area contributed by atoms with Crippen molar-refractivity contribution < 1.29 is 13.9 Å². The van der Waals surface area contributed by atoms with Crippen LogP contribution in [-0.2, 0) is 16.1 Å². The van der Waals surface area contributed by atoms with Crippen LogP contribution < -0.4 is 10.2 Å². The summed E-state index contributed by atoms with van der Waals surface area (Å²) >= 11 is 0. The monoisotopic (exact) mass is 420 g/mol. The predicted octanol–water partition coefficient (Wildman–Crippen LogP) is 3.64. The van der Waals surface area contributed by atoms with E-state index in [4.69, 9.17) is 9.15 Å². The molecular formula is C24H28N4O3. The van der Waals surface area contributed by atoms with Gasteiger partial charge in [0.05, 0.1) is 32.5 Å². The van der Waals surface area contributed by atoms with E-state index in [1.807, 2.05) is 66.4 Å². The van der Waals surface area contributed by atoms with Gasteiger partial charge in [-0.25, -0.2) is 4.98 Å². The summed E-state index contributed by atoms with van der Waals surface area (Å²) in [4.78, 5) is 21.2. The molecule has 7 heteroatoms. The zero-order chi connectivity index (χ0) is 21.5. The first-order valence-electron chi connectivity index (χ1n) is 10.7. The number of rotatable bonds is 8. The molecular weight excluding hydrogens is 392 g/mol. The second-order valence-electron chi connectivity index (χ2n) is 7.48. The van der Waals surface area contributed by atoms with Crippen LogP contribution in [0.25, 0.3) is 11.3 Å². The van der Waals surface area contributed by atoms with E-state index in [2.05, 4.69) is 15.2 Å². The molecule has 31 heavy (non-hydrogen) atoms. The average Bonchev–Trinajstić information content (AvgIpc) is 3.29. The van der Waals surface area contributed by atoms with E-state index in [0.29, 0.717) is 19.0 Å². The summed E-state index contributed by atoms with van der Waals surface area (Å²) in [5.74, 6) is 1.27. The van der Waals surface area contributed by atoms with Gasteiger partial charge in [0.15, 0.2) is 5.76 Å². The van der Waals surface area contributed by atoms with Crippen molar-refractivity contribution in [3.8, 4) is 11.3 Å². The van der Waals surface area contributed by atoms with Crippen molar-refractivity contribution in [3.63, 3.8) is 0 Å². The van der Waals surface area contributed by atoms with Gasteiger partial charge in [-0.15, -0.1) is 0 Å². The zero-order valence-electron chi connectivity index (χ0n) is 17.8. The highest BCUT2D eigenvalue weighted by Gasteiger charge is 2.15. The SMILES string of the molecule is CCN(CC(=O)Nc1ccc(N2CCOCC2)cc1)Cc1ncc(-c2ccccc2)o1. The number of likely N-dealkylation sites (N-methyl/N-ethyl adjacent to an activating group) is 1. The molecule has 1 aliphatic rings. The predicted molar refractivity (Wildman–Crippen MR) is 121 cm³/mol. The Kier molecular flexibility index (Phi) is 6.96. The first kappa shape index (κ1) is 21.1. The lowest BCUT2D eigenvalue weighted by atomic mass is 10.2. The smallest absolute Gasteiger partial charge is 0.238 e. The van der Waals surface area contributed by atoms with Gasteiger partial charge in [0.2, 0.25) is 11.8 Å². The Morgan fingerprint density at radius 1 is 1.10 bits per heavy atom. The Hall–Kier alpha value is -3.16. The van der Waals surface area contributed by atoms with Crippen molar-refractivity contribution in [1.82, 2.24) is 9.88 Å². The summed E-state index contributed by atoms with van der Waals surface area (Å²) in [7, 11) is 0. The lowest BCUT2D eigenvalue weighted by molar-refractivity contribution is -0.117. The Morgan fingerprint density at radius 3 is 2.55 bits per heavy atom. The van der Waals surface area contributed by atoms with E-state index in [0.717, 1.165) is 49.0 Å². The molecule has 0 unspecified atom stereocenters. The number of oxazole rings is 1. The van der Waals surface area contributed by atoms with Crippen molar-refractivity contribution in [1.29, 1.82) is 0 Å². The van der Waals surface area contributed by atoms with Crippen LogP contribution in [0.5, 0.6) is 0 Å². The number of carbonyl (C=O) groups excluding carboxylic acids is 1. The van der Waals surface area contributed by atoms with Crippen LogP contribution in [0.15, 0.2) is 65.2 Å². The number of ether oxygens (including phenoxy) is 1. The van der Waals surface area contributed by atoms with Crippen molar-refractivity contribution in [2.75, 3.05) is 49.6 Å². The number of aromatic nitrogens is 1. The summed E-state index contributed by atoms with van der Waals surface area (Å²) < 4.78 is 11.3. The topological polar surface area (TPSA) is 70.8 Å². The van der Waals surface area contributed by atoms with Crippen LogP contribution in [0.4, 0.5) is 11.4 Å². The summed E-state index contributed by atoms with van der Waals surface area (Å²) in [6.45, 7) is 6.77. The summed E-state index contributed by atoms with van der Waals surface area (Å²) in [5, 5.41) is 2.98. The van der Waals surface area contributed by atoms with E-state index in [1.54, 1.807) is 6.20 Å². The Bertz CT molecular complexity index is 966. The maximum atomic E-state index is 12.6. The van der Waals surface area contributed by atoms with Gasteiger partial charge in [-0.1, -0.05) is 37.3 Å². The molecule has 2 aromatic carbocycles. The highest BCUT2D eigenvalue weighted by molar-refractivity contribution is 5.92. The molecule has 0 aliphatic carbocycles. The Balaban J connectivity index is 1.30. The normalized spacial score (nSPS) is 14.1. The fourth-order valence-electron chi connectivity index (χ4n) is 3.57. The minimum absolute atomic E-state index is 0.0594. The molecule has 1 N–H and O–H groups in total. The van der Waals surface area contributed by atoms with E-state index in [1.165, 1.54) is 0 Å². The molecule has 0 radical (unpaired) electrons. The van der Waals surface area contributed by atoms with E-state index in [9.17, 15) is 4.79 Å². The lowest BCUT2D eigenvalue weighted by Gasteiger charge is -2.29. The number of anilines is 2. The Labute approximate surface area is 182 Å².